The van der Waals surface area contributed by atoms with Gasteiger partial charge >= 0.3 is 0 Å². The van der Waals surface area contributed by atoms with Crippen LogP contribution in [0.5, 0.6) is 0 Å². The normalized spacial score (nSPS) is 22.2. The van der Waals surface area contributed by atoms with Crippen molar-refractivity contribution in [3.8, 4) is 0 Å². The Morgan fingerprint density at radius 3 is 2.50 bits per heavy atom. The van der Waals surface area contributed by atoms with Crippen LogP contribution in [0, 0.1) is 0 Å². The summed E-state index contributed by atoms with van der Waals surface area (Å²) in [4.78, 5) is 11.6. The number of methoxy groups -OCH3 is 1. The van der Waals surface area contributed by atoms with Crippen molar-refractivity contribution in [2.75, 3.05) is 13.7 Å². The van der Waals surface area contributed by atoms with Gasteiger partial charge in [0, 0.05) is 19.6 Å². The number of hydrogen-bond donors (Lipinski definition) is 2. The second-order valence-electron chi connectivity index (χ2n) is 5.53. The van der Waals surface area contributed by atoms with Crippen LogP contribution in [0.2, 0.25) is 0 Å². The van der Waals surface area contributed by atoms with Crippen LogP contribution in [0.1, 0.15) is 40.0 Å². The molecule has 0 radical (unpaired) electrons. The smallest absolute Gasteiger partial charge is 0.237 e. The summed E-state index contributed by atoms with van der Waals surface area (Å²) in [7, 11) is 1.65. The molecule has 5 heteroatoms. The zero-order chi connectivity index (χ0) is 13.8. The number of rotatable bonds is 9. The Labute approximate surface area is 109 Å². The summed E-state index contributed by atoms with van der Waals surface area (Å²) < 4.78 is 10.8. The van der Waals surface area contributed by atoms with Crippen molar-refractivity contribution in [2.45, 2.75) is 63.8 Å². The molecule has 0 heterocycles. The number of nitrogens with two attached hydrogens (primary N) is 1. The highest BCUT2D eigenvalue weighted by molar-refractivity contribution is 5.84. The molecule has 0 aromatic rings. The lowest BCUT2D eigenvalue weighted by atomic mass is 9.93. The summed E-state index contributed by atoms with van der Waals surface area (Å²) in [6.45, 7) is 6.32. The average Bonchev–Trinajstić information content (AvgIpc) is 3.00. The summed E-state index contributed by atoms with van der Waals surface area (Å²) in [6.07, 6.45) is 2.80. The SMILES string of the molecule is COCC(C)OC(C)CC(C)(NC1CC1)C(N)=O. The molecule has 3 atom stereocenters. The first-order valence-electron chi connectivity index (χ1n) is 6.59. The van der Waals surface area contributed by atoms with E-state index in [4.69, 9.17) is 15.2 Å². The van der Waals surface area contributed by atoms with Crippen LogP contribution in [-0.4, -0.2) is 43.4 Å². The van der Waals surface area contributed by atoms with Crippen molar-refractivity contribution < 1.29 is 14.3 Å². The average molecular weight is 258 g/mol. The lowest BCUT2D eigenvalue weighted by Crippen LogP contribution is -2.55. The van der Waals surface area contributed by atoms with Crippen LogP contribution >= 0.6 is 0 Å². The van der Waals surface area contributed by atoms with Gasteiger partial charge in [-0.15, -0.1) is 0 Å². The van der Waals surface area contributed by atoms with Crippen molar-refractivity contribution in [1.82, 2.24) is 5.32 Å². The summed E-state index contributed by atoms with van der Waals surface area (Å²) in [5, 5.41) is 3.32. The molecule has 106 valence electrons. The molecule has 1 rings (SSSR count). The quantitative estimate of drug-likeness (QED) is 0.642. The Bertz CT molecular complexity index is 281. The summed E-state index contributed by atoms with van der Waals surface area (Å²) in [5.41, 5.74) is 4.82. The minimum atomic E-state index is -0.687. The third kappa shape index (κ3) is 4.92. The molecule has 0 aromatic carbocycles. The number of carbonyl (C=O) groups is 1. The van der Waals surface area contributed by atoms with Crippen molar-refractivity contribution in [3.63, 3.8) is 0 Å². The first kappa shape index (κ1) is 15.4. The van der Waals surface area contributed by atoms with Crippen LogP contribution in [-0.2, 0) is 14.3 Å². The summed E-state index contributed by atoms with van der Waals surface area (Å²) >= 11 is 0. The van der Waals surface area contributed by atoms with Crippen molar-refractivity contribution >= 4 is 5.91 Å². The maximum absolute atomic E-state index is 11.6. The van der Waals surface area contributed by atoms with Gasteiger partial charge < -0.3 is 20.5 Å². The molecule has 3 unspecified atom stereocenters. The number of primary amides is 1. The van der Waals surface area contributed by atoms with E-state index in [1.165, 1.54) is 0 Å². The van der Waals surface area contributed by atoms with Crippen LogP contribution in [0.25, 0.3) is 0 Å². The van der Waals surface area contributed by atoms with Crippen LogP contribution < -0.4 is 11.1 Å². The fraction of sp³-hybridized carbons (Fsp3) is 0.923. The minimum Gasteiger partial charge on any atom is -0.382 e. The molecule has 18 heavy (non-hydrogen) atoms. The molecule has 0 spiro atoms. The van der Waals surface area contributed by atoms with Gasteiger partial charge in [0.05, 0.1) is 24.4 Å². The molecule has 1 aliphatic rings. The third-order valence-corrected chi connectivity index (χ3v) is 3.21. The van der Waals surface area contributed by atoms with E-state index in [0.717, 1.165) is 12.8 Å². The standard InChI is InChI=1S/C13H26N2O3/c1-9(18-10(2)8-17-4)7-13(3,12(14)16)15-11-5-6-11/h9-11,15H,5-8H2,1-4H3,(H2,14,16). The van der Waals surface area contributed by atoms with Gasteiger partial charge in [-0.2, -0.15) is 0 Å². The third-order valence-electron chi connectivity index (χ3n) is 3.21. The highest BCUT2D eigenvalue weighted by atomic mass is 16.5. The predicted molar refractivity (Wildman–Crippen MR) is 70.3 cm³/mol. The predicted octanol–water partition coefficient (Wildman–Crippen LogP) is 0.813. The largest absolute Gasteiger partial charge is 0.382 e. The first-order valence-corrected chi connectivity index (χ1v) is 6.59. The second kappa shape index (κ2) is 6.50. The molecule has 0 aromatic heterocycles. The minimum absolute atomic E-state index is 0.0167. The molecule has 0 aliphatic heterocycles. The van der Waals surface area contributed by atoms with E-state index in [-0.39, 0.29) is 18.1 Å². The molecule has 3 N–H and O–H groups in total. The number of ether oxygens (including phenoxy) is 2. The number of nitrogens with one attached hydrogen (secondary N) is 1. The Morgan fingerprint density at radius 2 is 2.06 bits per heavy atom. The topological polar surface area (TPSA) is 73.6 Å². The molecule has 0 bridgehead atoms. The van der Waals surface area contributed by atoms with Gasteiger partial charge in [0.1, 0.15) is 0 Å². The Balaban J connectivity index is 2.46. The van der Waals surface area contributed by atoms with Gasteiger partial charge in [0.15, 0.2) is 0 Å². The van der Waals surface area contributed by atoms with Gasteiger partial charge in [0.2, 0.25) is 5.91 Å². The second-order valence-corrected chi connectivity index (χ2v) is 5.53. The van der Waals surface area contributed by atoms with E-state index in [0.29, 0.717) is 19.1 Å². The fourth-order valence-corrected chi connectivity index (χ4v) is 2.20. The molecular weight excluding hydrogens is 232 g/mol. The zero-order valence-electron chi connectivity index (χ0n) is 11.9. The molecular formula is C13H26N2O3. The molecule has 0 saturated heterocycles. The monoisotopic (exact) mass is 258 g/mol. The number of carbonyl (C=O) groups excluding carboxylic acids is 1. The molecule has 5 nitrogen and oxygen atoms in total. The molecule has 1 amide bonds. The van der Waals surface area contributed by atoms with Gasteiger partial charge in [-0.3, -0.25) is 4.79 Å². The van der Waals surface area contributed by atoms with Gasteiger partial charge in [-0.1, -0.05) is 0 Å². The van der Waals surface area contributed by atoms with Crippen LogP contribution in [0.3, 0.4) is 0 Å². The fourth-order valence-electron chi connectivity index (χ4n) is 2.20. The Morgan fingerprint density at radius 1 is 1.44 bits per heavy atom. The molecule has 1 aliphatic carbocycles. The van der Waals surface area contributed by atoms with Gasteiger partial charge in [-0.25, -0.2) is 0 Å². The maximum atomic E-state index is 11.6. The highest BCUT2D eigenvalue weighted by Gasteiger charge is 2.38. The first-order chi connectivity index (χ1) is 8.37. The van der Waals surface area contributed by atoms with Crippen molar-refractivity contribution in [3.05, 3.63) is 0 Å². The number of amides is 1. The maximum Gasteiger partial charge on any atom is 0.237 e. The van der Waals surface area contributed by atoms with E-state index in [9.17, 15) is 4.79 Å². The van der Waals surface area contributed by atoms with Gasteiger partial charge in [0.25, 0.3) is 0 Å². The Kier molecular flexibility index (Phi) is 5.56. The van der Waals surface area contributed by atoms with E-state index in [1.54, 1.807) is 7.11 Å². The van der Waals surface area contributed by atoms with Crippen molar-refractivity contribution in [2.24, 2.45) is 5.73 Å². The zero-order valence-corrected chi connectivity index (χ0v) is 11.9. The van der Waals surface area contributed by atoms with E-state index in [2.05, 4.69) is 5.32 Å². The van der Waals surface area contributed by atoms with Crippen LogP contribution in [0.4, 0.5) is 0 Å². The Hall–Kier alpha value is -0.650. The molecule has 1 saturated carbocycles. The summed E-state index contributed by atoms with van der Waals surface area (Å²) in [5.74, 6) is -0.316. The lowest BCUT2D eigenvalue weighted by Gasteiger charge is -2.31. The molecule has 1 fully saturated rings. The summed E-state index contributed by atoms with van der Waals surface area (Å²) in [6, 6.07) is 0.436. The lowest BCUT2D eigenvalue weighted by molar-refractivity contribution is -0.126. The number of hydrogen-bond acceptors (Lipinski definition) is 4. The van der Waals surface area contributed by atoms with Crippen LogP contribution in [0.15, 0.2) is 0 Å². The highest BCUT2D eigenvalue weighted by Crippen LogP contribution is 2.25. The van der Waals surface area contributed by atoms with E-state index in [1.807, 2.05) is 20.8 Å². The van der Waals surface area contributed by atoms with E-state index < -0.39 is 5.54 Å². The van der Waals surface area contributed by atoms with Gasteiger partial charge in [-0.05, 0) is 33.6 Å². The van der Waals surface area contributed by atoms with Crippen molar-refractivity contribution in [1.29, 1.82) is 0 Å². The van der Waals surface area contributed by atoms with E-state index >= 15 is 0 Å².